The Morgan fingerprint density at radius 1 is 0.408 bits per heavy atom. The second kappa shape index (κ2) is 24.7. The molecule has 0 N–H and O–H groups in total. The Hall–Kier alpha value is -7.09. The fourth-order valence-electron chi connectivity index (χ4n) is 8.91. The predicted molar refractivity (Wildman–Crippen MR) is 285 cm³/mol. The zero-order valence-electron chi connectivity index (χ0n) is 46.3. The van der Waals surface area contributed by atoms with Gasteiger partial charge >= 0.3 is 35.8 Å². The first kappa shape index (κ1) is 59.8. The van der Waals surface area contributed by atoms with E-state index in [-0.39, 0.29) is 37.2 Å². The van der Waals surface area contributed by atoms with Crippen molar-refractivity contribution in [1.29, 1.82) is 0 Å². The number of carbonyl (C=O) groups is 8. The van der Waals surface area contributed by atoms with Crippen molar-refractivity contribution in [3.8, 4) is 0 Å². The van der Waals surface area contributed by atoms with Gasteiger partial charge in [0.2, 0.25) is 5.60 Å². The maximum Gasteiger partial charge on any atom is 0.313 e. The Bertz CT molecular complexity index is 2460. The molecule has 2 aliphatic carbocycles. The lowest BCUT2D eigenvalue weighted by Gasteiger charge is -2.26. The van der Waals surface area contributed by atoms with E-state index in [2.05, 4.69) is 6.92 Å². The van der Waals surface area contributed by atoms with Crippen LogP contribution in [-0.4, -0.2) is 82.0 Å². The zero-order chi connectivity index (χ0) is 56.5. The minimum absolute atomic E-state index is 0.135. The molecule has 3 unspecified atom stereocenters. The molecule has 0 aliphatic heterocycles. The predicted octanol–water partition coefficient (Wildman–Crippen LogP) is 11.1. The molecule has 0 saturated heterocycles. The molecule has 4 aromatic rings. The van der Waals surface area contributed by atoms with Crippen LogP contribution in [0, 0.1) is 30.6 Å². The lowest BCUT2D eigenvalue weighted by Crippen LogP contribution is -2.36. The van der Waals surface area contributed by atoms with Crippen molar-refractivity contribution in [3.05, 3.63) is 149 Å². The summed E-state index contributed by atoms with van der Waals surface area (Å²) in [7, 11) is 0. The largest absolute Gasteiger partial charge is 0.462 e. The number of benzene rings is 4. The van der Waals surface area contributed by atoms with Crippen molar-refractivity contribution in [2.75, 3.05) is 0 Å². The Kier molecular flexibility index (Phi) is 19.4. The van der Waals surface area contributed by atoms with Gasteiger partial charge in [0.05, 0.1) is 35.5 Å². The van der Waals surface area contributed by atoms with E-state index < -0.39 is 106 Å². The maximum atomic E-state index is 13.1. The standard InChI is InChI=1S/C31H38O7.C31H37O7/c2*1-19(21-14-11-15-22(16-21)26(32)20-12-9-8-10-13-20)27(33)36-23-17-24(28(34)37-30(2,3)4)25(18-23)29(35)38-31(5,6)7/h8-16,19,23-25H,17-18H2,1-7H3;8-16,19,23-25H,2,17-18H2,1,3-7H3/q;+1/t19-,23?,24+,25?;19-,23-,24-,25?/m01/s1. The van der Waals surface area contributed by atoms with Gasteiger partial charge in [-0.1, -0.05) is 97.1 Å². The summed E-state index contributed by atoms with van der Waals surface area (Å²) >= 11 is 0. The molecule has 4 aromatic carbocycles. The molecule has 6 rings (SSSR count). The van der Waals surface area contributed by atoms with Gasteiger partial charge < -0.3 is 28.4 Å². The van der Waals surface area contributed by atoms with Crippen LogP contribution in [0.4, 0.5) is 0 Å². The van der Waals surface area contributed by atoms with Crippen LogP contribution >= 0.6 is 0 Å². The van der Waals surface area contributed by atoms with E-state index in [1.54, 1.807) is 187 Å². The molecule has 0 heterocycles. The highest BCUT2D eigenvalue weighted by Gasteiger charge is 2.49. The van der Waals surface area contributed by atoms with Gasteiger partial charge in [-0.05, 0) is 125 Å². The lowest BCUT2D eigenvalue weighted by molar-refractivity contribution is -0.171. The van der Waals surface area contributed by atoms with Gasteiger partial charge in [0.15, 0.2) is 11.6 Å². The van der Waals surface area contributed by atoms with Gasteiger partial charge in [-0.15, -0.1) is 0 Å². The molecule has 0 bridgehead atoms. The number of hydrogen-bond donors (Lipinski definition) is 0. The van der Waals surface area contributed by atoms with E-state index in [4.69, 9.17) is 28.4 Å². The summed E-state index contributed by atoms with van der Waals surface area (Å²) in [6, 6.07) is 31.7. The average Bonchev–Trinajstić information content (AvgIpc) is 3.97. The maximum absolute atomic E-state index is 13.1. The van der Waals surface area contributed by atoms with Crippen molar-refractivity contribution in [1.82, 2.24) is 0 Å². The molecule has 8 atom stereocenters. The fraction of sp³-hybridized carbons (Fsp3) is 0.468. The van der Waals surface area contributed by atoms with E-state index in [1.807, 2.05) is 12.1 Å². The van der Waals surface area contributed by atoms with Crippen molar-refractivity contribution in [3.63, 3.8) is 0 Å². The van der Waals surface area contributed by atoms with Gasteiger partial charge in [0.1, 0.15) is 35.9 Å². The van der Waals surface area contributed by atoms with Gasteiger partial charge in [0, 0.05) is 36.1 Å². The van der Waals surface area contributed by atoms with E-state index >= 15 is 0 Å². The smallest absolute Gasteiger partial charge is 0.313 e. The first-order valence-electron chi connectivity index (χ1n) is 25.9. The SMILES string of the molecule is C[C@H](C(=O)OC1CC(C(=O)OC(C)(C)C)[C@H](C(=O)OC(C)(C)C)C1)c1cccc(C(=O)c2ccccc2)c1.[CH2+]C(C)(C)OC(=O)[C@@H]1C[C@@H](OC(=O)[C@H](C)c2cccc(C(=O)c3ccccc3)c2)CC1C(=O)OC(C)(C)C. The second-order valence-electron chi connectivity index (χ2n) is 23.4. The minimum Gasteiger partial charge on any atom is -0.462 e. The molecule has 0 aromatic heterocycles. The molecule has 0 spiro atoms. The fourth-order valence-corrected chi connectivity index (χ4v) is 8.91. The summed E-state index contributed by atoms with van der Waals surface area (Å²) in [4.78, 5) is 104. The Labute approximate surface area is 447 Å². The van der Waals surface area contributed by atoms with Crippen LogP contribution in [0.15, 0.2) is 109 Å². The first-order valence-corrected chi connectivity index (χ1v) is 25.9. The minimum atomic E-state index is -0.971. The number of carbonyl (C=O) groups excluding carboxylic acids is 8. The van der Waals surface area contributed by atoms with Crippen LogP contribution in [0.25, 0.3) is 0 Å². The van der Waals surface area contributed by atoms with Gasteiger partial charge in [-0.25, -0.2) is 0 Å². The molecule has 2 fully saturated rings. The Balaban J connectivity index is 0.000000281. The number of esters is 6. The Morgan fingerprint density at radius 2 is 0.684 bits per heavy atom. The highest BCUT2D eigenvalue weighted by atomic mass is 16.6. The molecule has 406 valence electrons. The average molecular weight is 1040 g/mol. The van der Waals surface area contributed by atoms with E-state index in [0.29, 0.717) is 33.4 Å². The van der Waals surface area contributed by atoms with Crippen molar-refractivity contribution in [2.45, 2.75) is 162 Å². The third-order valence-corrected chi connectivity index (χ3v) is 12.5. The molecule has 2 aliphatic rings. The van der Waals surface area contributed by atoms with E-state index in [1.165, 1.54) is 0 Å². The summed E-state index contributed by atoms with van der Waals surface area (Å²) < 4.78 is 33.7. The number of ketones is 2. The molecular formula is C62H75O14+. The molecule has 14 heteroatoms. The zero-order valence-corrected chi connectivity index (χ0v) is 46.3. The molecule has 0 radical (unpaired) electrons. The highest BCUT2D eigenvalue weighted by molar-refractivity contribution is 6.09. The summed E-state index contributed by atoms with van der Waals surface area (Å²) in [6.45, 7) is 26.3. The number of hydrogen-bond acceptors (Lipinski definition) is 14. The third-order valence-electron chi connectivity index (χ3n) is 12.5. The third kappa shape index (κ3) is 17.5. The van der Waals surface area contributed by atoms with Crippen LogP contribution in [-0.2, 0) is 57.2 Å². The highest BCUT2D eigenvalue weighted by Crippen LogP contribution is 2.40. The quantitative estimate of drug-likeness (QED) is 0.0472. The summed E-state index contributed by atoms with van der Waals surface area (Å²) in [6.07, 6.45) is -0.675. The lowest BCUT2D eigenvalue weighted by atomic mass is 9.95. The van der Waals surface area contributed by atoms with Crippen LogP contribution in [0.1, 0.15) is 170 Å². The van der Waals surface area contributed by atoms with Gasteiger partial charge in [0.25, 0.3) is 0 Å². The number of rotatable bonds is 15. The first-order chi connectivity index (χ1) is 35.3. The molecule has 14 nitrogen and oxygen atoms in total. The molecule has 76 heavy (non-hydrogen) atoms. The molecule has 2 saturated carbocycles. The topological polar surface area (TPSA) is 192 Å². The summed E-state index contributed by atoms with van der Waals surface area (Å²) in [5.74, 6) is -7.87. The van der Waals surface area contributed by atoms with E-state index in [9.17, 15) is 38.4 Å². The monoisotopic (exact) mass is 1040 g/mol. The molecular weight excluding hydrogens is 969 g/mol. The van der Waals surface area contributed by atoms with Crippen LogP contribution < -0.4 is 0 Å². The summed E-state index contributed by atoms with van der Waals surface area (Å²) in [5, 5.41) is 0. The normalized spacial score (nSPS) is 20.3. The van der Waals surface area contributed by atoms with Crippen molar-refractivity contribution in [2.24, 2.45) is 23.7 Å². The second-order valence-corrected chi connectivity index (χ2v) is 23.4. The Morgan fingerprint density at radius 3 is 0.961 bits per heavy atom. The van der Waals surface area contributed by atoms with Crippen molar-refractivity contribution >= 4 is 47.4 Å². The molecule has 0 amide bonds. The number of ether oxygens (including phenoxy) is 6. The summed E-state index contributed by atoms with van der Waals surface area (Å²) in [5.41, 5.74) is 0.193. The van der Waals surface area contributed by atoms with E-state index in [0.717, 1.165) is 0 Å². The van der Waals surface area contributed by atoms with Crippen LogP contribution in [0.2, 0.25) is 0 Å². The van der Waals surface area contributed by atoms with Crippen LogP contribution in [0.3, 0.4) is 0 Å². The van der Waals surface area contributed by atoms with Crippen LogP contribution in [0.5, 0.6) is 0 Å². The van der Waals surface area contributed by atoms with Gasteiger partial charge in [-0.2, -0.15) is 0 Å². The van der Waals surface area contributed by atoms with Gasteiger partial charge in [-0.3, -0.25) is 38.4 Å². The van der Waals surface area contributed by atoms with Crippen molar-refractivity contribution < 1.29 is 66.8 Å².